The van der Waals surface area contributed by atoms with Gasteiger partial charge in [0, 0.05) is 5.39 Å². The average molecular weight is 214 g/mol. The van der Waals surface area contributed by atoms with Crippen LogP contribution in [0.1, 0.15) is 32.5 Å². The number of rotatable bonds is 1. The molecule has 1 aromatic carbocycles. The van der Waals surface area contributed by atoms with Gasteiger partial charge in [0.2, 0.25) is 0 Å². The molecule has 2 aromatic rings. The summed E-state index contributed by atoms with van der Waals surface area (Å²) in [5.41, 5.74) is 8.22. The summed E-state index contributed by atoms with van der Waals surface area (Å²) in [7, 11) is 0. The normalized spacial score (nSPS) is 14.0. The molecule has 0 saturated carbocycles. The molecular formula is C14H18N2. The quantitative estimate of drug-likeness (QED) is 0.791. The molecule has 0 bridgehead atoms. The molecule has 2 heteroatoms. The maximum absolute atomic E-state index is 6.20. The van der Waals surface area contributed by atoms with Crippen LogP contribution in [0.5, 0.6) is 0 Å². The molecule has 0 radical (unpaired) electrons. The van der Waals surface area contributed by atoms with Crippen LogP contribution in [0.3, 0.4) is 0 Å². The van der Waals surface area contributed by atoms with Crippen molar-refractivity contribution in [2.45, 2.75) is 26.8 Å². The predicted octanol–water partition coefficient (Wildman–Crippen LogP) is 3.28. The Bertz CT molecular complexity index is 497. The van der Waals surface area contributed by atoms with Crippen molar-refractivity contribution in [1.82, 2.24) is 4.98 Å². The van der Waals surface area contributed by atoms with Crippen molar-refractivity contribution in [3.05, 3.63) is 42.1 Å². The zero-order valence-corrected chi connectivity index (χ0v) is 10.1. The standard InChI is InChI=1S/C14H18N2/c1-14(2,3)13(15)12-9-8-10-6-4-5-7-11(10)16-12/h4-9,13H,15H2,1-3H3/t13-/m0/s1. The molecule has 1 heterocycles. The van der Waals surface area contributed by atoms with Crippen LogP contribution in [0, 0.1) is 5.41 Å². The van der Waals surface area contributed by atoms with E-state index in [0.29, 0.717) is 0 Å². The SMILES string of the molecule is CC(C)(C)[C@@H](N)c1ccc2ccccc2n1. The number of nitrogens with two attached hydrogens (primary N) is 1. The number of fused-ring (bicyclic) bond motifs is 1. The van der Waals surface area contributed by atoms with E-state index in [4.69, 9.17) is 5.73 Å². The lowest BCUT2D eigenvalue weighted by Gasteiger charge is -2.26. The molecular weight excluding hydrogens is 196 g/mol. The molecule has 0 saturated heterocycles. The van der Waals surface area contributed by atoms with Crippen LogP contribution in [0.4, 0.5) is 0 Å². The Labute approximate surface area is 96.5 Å². The fraction of sp³-hybridized carbons (Fsp3) is 0.357. The van der Waals surface area contributed by atoms with Crippen LogP contribution >= 0.6 is 0 Å². The minimum atomic E-state index is -0.0305. The van der Waals surface area contributed by atoms with Gasteiger partial charge in [-0.25, -0.2) is 0 Å². The van der Waals surface area contributed by atoms with E-state index in [1.54, 1.807) is 0 Å². The van der Waals surface area contributed by atoms with Gasteiger partial charge in [-0.2, -0.15) is 0 Å². The van der Waals surface area contributed by atoms with Gasteiger partial charge in [0.15, 0.2) is 0 Å². The number of benzene rings is 1. The van der Waals surface area contributed by atoms with Crippen LogP contribution in [-0.4, -0.2) is 4.98 Å². The van der Waals surface area contributed by atoms with Crippen molar-refractivity contribution >= 4 is 10.9 Å². The van der Waals surface area contributed by atoms with Gasteiger partial charge in [0.05, 0.1) is 17.3 Å². The molecule has 0 aliphatic carbocycles. The number of pyridine rings is 1. The van der Waals surface area contributed by atoms with Gasteiger partial charge >= 0.3 is 0 Å². The summed E-state index contributed by atoms with van der Waals surface area (Å²) in [5, 5.41) is 1.16. The molecule has 1 aromatic heterocycles. The molecule has 0 fully saturated rings. The number of hydrogen-bond donors (Lipinski definition) is 1. The van der Waals surface area contributed by atoms with Crippen LogP contribution in [-0.2, 0) is 0 Å². The Balaban J connectivity index is 2.47. The molecule has 2 rings (SSSR count). The Kier molecular flexibility index (Phi) is 2.68. The molecule has 0 unspecified atom stereocenters. The molecule has 16 heavy (non-hydrogen) atoms. The molecule has 0 aliphatic heterocycles. The monoisotopic (exact) mass is 214 g/mol. The maximum Gasteiger partial charge on any atom is 0.0706 e. The fourth-order valence-electron chi connectivity index (χ4n) is 1.70. The highest BCUT2D eigenvalue weighted by atomic mass is 14.8. The first kappa shape index (κ1) is 11.1. The second kappa shape index (κ2) is 3.87. The second-order valence-corrected chi connectivity index (χ2v) is 5.27. The number of aromatic nitrogens is 1. The molecule has 2 N–H and O–H groups in total. The molecule has 0 aliphatic rings. The molecule has 84 valence electrons. The van der Waals surface area contributed by atoms with Crippen LogP contribution < -0.4 is 5.73 Å². The number of hydrogen-bond acceptors (Lipinski definition) is 2. The zero-order valence-electron chi connectivity index (χ0n) is 10.1. The van der Waals surface area contributed by atoms with Crippen molar-refractivity contribution < 1.29 is 0 Å². The highest BCUT2D eigenvalue weighted by Gasteiger charge is 2.23. The minimum Gasteiger partial charge on any atom is -0.322 e. The first-order chi connectivity index (χ1) is 7.48. The van der Waals surface area contributed by atoms with Crippen LogP contribution in [0.2, 0.25) is 0 Å². The largest absolute Gasteiger partial charge is 0.322 e. The van der Waals surface area contributed by atoms with E-state index in [2.05, 4.69) is 37.9 Å². The van der Waals surface area contributed by atoms with Crippen LogP contribution in [0.15, 0.2) is 36.4 Å². The zero-order chi connectivity index (χ0) is 11.8. The smallest absolute Gasteiger partial charge is 0.0706 e. The van der Waals surface area contributed by atoms with Gasteiger partial charge < -0.3 is 5.73 Å². The van der Waals surface area contributed by atoms with E-state index in [1.807, 2.05) is 24.3 Å². The summed E-state index contributed by atoms with van der Waals surface area (Å²) in [4.78, 5) is 4.62. The maximum atomic E-state index is 6.20. The number of nitrogens with zero attached hydrogens (tertiary/aromatic N) is 1. The summed E-state index contributed by atoms with van der Waals surface area (Å²) in [6, 6.07) is 12.2. The summed E-state index contributed by atoms with van der Waals surface area (Å²) in [6.07, 6.45) is 0. The third kappa shape index (κ3) is 2.07. The Morgan fingerprint density at radius 2 is 1.75 bits per heavy atom. The van der Waals surface area contributed by atoms with Gasteiger partial charge in [0.25, 0.3) is 0 Å². The van der Waals surface area contributed by atoms with Gasteiger partial charge in [0.1, 0.15) is 0 Å². The lowest BCUT2D eigenvalue weighted by molar-refractivity contribution is 0.322. The van der Waals surface area contributed by atoms with Crippen molar-refractivity contribution in [2.24, 2.45) is 11.1 Å². The lowest BCUT2D eigenvalue weighted by Crippen LogP contribution is -2.27. The van der Waals surface area contributed by atoms with Gasteiger partial charge in [-0.15, -0.1) is 0 Å². The molecule has 2 nitrogen and oxygen atoms in total. The second-order valence-electron chi connectivity index (χ2n) is 5.27. The Hall–Kier alpha value is -1.41. The Morgan fingerprint density at radius 1 is 1.06 bits per heavy atom. The first-order valence-corrected chi connectivity index (χ1v) is 5.60. The summed E-state index contributed by atoms with van der Waals surface area (Å²) in [6.45, 7) is 6.40. The molecule has 0 amide bonds. The van der Waals surface area contributed by atoms with Crippen molar-refractivity contribution in [1.29, 1.82) is 0 Å². The van der Waals surface area contributed by atoms with E-state index in [9.17, 15) is 0 Å². The predicted molar refractivity (Wildman–Crippen MR) is 68.1 cm³/mol. The summed E-state index contributed by atoms with van der Waals surface area (Å²) < 4.78 is 0. The fourth-order valence-corrected chi connectivity index (χ4v) is 1.70. The van der Waals surface area contributed by atoms with E-state index < -0.39 is 0 Å². The van der Waals surface area contributed by atoms with Gasteiger partial charge in [-0.05, 0) is 17.5 Å². The third-order valence-corrected chi connectivity index (χ3v) is 2.87. The summed E-state index contributed by atoms with van der Waals surface area (Å²) in [5.74, 6) is 0. The summed E-state index contributed by atoms with van der Waals surface area (Å²) >= 11 is 0. The minimum absolute atomic E-state index is 0.0305. The highest BCUT2D eigenvalue weighted by Crippen LogP contribution is 2.29. The van der Waals surface area contributed by atoms with Gasteiger partial charge in [-0.1, -0.05) is 45.0 Å². The first-order valence-electron chi connectivity index (χ1n) is 5.60. The molecule has 1 atom stereocenters. The van der Waals surface area contributed by atoms with E-state index >= 15 is 0 Å². The Morgan fingerprint density at radius 3 is 2.44 bits per heavy atom. The van der Waals surface area contributed by atoms with Crippen molar-refractivity contribution in [2.75, 3.05) is 0 Å². The van der Waals surface area contributed by atoms with Crippen LogP contribution in [0.25, 0.3) is 10.9 Å². The van der Waals surface area contributed by atoms with E-state index in [0.717, 1.165) is 16.6 Å². The van der Waals surface area contributed by atoms with Crippen molar-refractivity contribution in [3.8, 4) is 0 Å². The van der Waals surface area contributed by atoms with Crippen molar-refractivity contribution in [3.63, 3.8) is 0 Å². The molecule has 0 spiro atoms. The number of para-hydroxylation sites is 1. The van der Waals surface area contributed by atoms with E-state index in [-0.39, 0.29) is 11.5 Å². The van der Waals surface area contributed by atoms with Gasteiger partial charge in [-0.3, -0.25) is 4.98 Å². The highest BCUT2D eigenvalue weighted by molar-refractivity contribution is 5.78. The third-order valence-electron chi connectivity index (χ3n) is 2.87. The van der Waals surface area contributed by atoms with E-state index in [1.165, 1.54) is 0 Å². The topological polar surface area (TPSA) is 38.9 Å². The lowest BCUT2D eigenvalue weighted by atomic mass is 9.85. The average Bonchev–Trinajstić information content (AvgIpc) is 2.26.